The van der Waals surface area contributed by atoms with E-state index in [0.29, 0.717) is 29.3 Å². The molecule has 0 amide bonds. The van der Waals surface area contributed by atoms with Crippen molar-refractivity contribution in [2.75, 3.05) is 0 Å². The highest BCUT2D eigenvalue weighted by molar-refractivity contribution is 5.83. The summed E-state index contributed by atoms with van der Waals surface area (Å²) in [7, 11) is 0. The largest absolute Gasteiger partial charge is 0.299 e. The first kappa shape index (κ1) is 16.0. The minimum Gasteiger partial charge on any atom is -0.299 e. The lowest BCUT2D eigenvalue weighted by molar-refractivity contribution is -0.136. The van der Waals surface area contributed by atoms with E-state index in [1.165, 1.54) is 18.4 Å². The third-order valence-electron chi connectivity index (χ3n) is 7.18. The van der Waals surface area contributed by atoms with E-state index in [4.69, 9.17) is 0 Å². The maximum Gasteiger partial charge on any atom is 0.137 e. The van der Waals surface area contributed by atoms with Gasteiger partial charge >= 0.3 is 0 Å². The highest BCUT2D eigenvalue weighted by atomic mass is 16.1. The maximum atomic E-state index is 12.5. The van der Waals surface area contributed by atoms with Crippen LogP contribution in [0, 0.1) is 23.2 Å². The van der Waals surface area contributed by atoms with Crippen LogP contribution in [0.1, 0.15) is 78.6 Å². The molecule has 0 aromatic rings. The molecule has 0 saturated heterocycles. The van der Waals surface area contributed by atoms with Gasteiger partial charge in [-0.05, 0) is 63.2 Å². The summed E-state index contributed by atoms with van der Waals surface area (Å²) >= 11 is 0. The number of fused-ring (bicyclic) bond motifs is 2. The summed E-state index contributed by atoms with van der Waals surface area (Å²) < 4.78 is 0. The Morgan fingerprint density at radius 1 is 1.18 bits per heavy atom. The molecular weight excluding hydrogens is 272 g/mol. The summed E-state index contributed by atoms with van der Waals surface area (Å²) in [6, 6.07) is 0. The van der Waals surface area contributed by atoms with Crippen LogP contribution in [-0.2, 0) is 9.59 Å². The Hall–Kier alpha value is -0.920. The summed E-state index contributed by atoms with van der Waals surface area (Å²) in [5.41, 5.74) is 3.03. The molecule has 3 aliphatic carbocycles. The molecule has 3 rings (SSSR count). The Labute approximate surface area is 134 Å². The van der Waals surface area contributed by atoms with Gasteiger partial charge in [-0.3, -0.25) is 9.59 Å². The summed E-state index contributed by atoms with van der Waals surface area (Å²) in [6.07, 6.45) is 9.13. The average molecular weight is 302 g/mol. The van der Waals surface area contributed by atoms with Gasteiger partial charge in [0.1, 0.15) is 11.6 Å². The molecule has 0 radical (unpaired) electrons. The molecule has 0 N–H and O–H groups in total. The van der Waals surface area contributed by atoms with Gasteiger partial charge in [0.25, 0.3) is 0 Å². The molecule has 1 fully saturated rings. The van der Waals surface area contributed by atoms with Crippen molar-refractivity contribution in [1.82, 2.24) is 0 Å². The second kappa shape index (κ2) is 5.94. The molecule has 0 aromatic heterocycles. The quantitative estimate of drug-likeness (QED) is 0.697. The first-order valence-corrected chi connectivity index (χ1v) is 9.27. The molecular formula is C20H30O2. The lowest BCUT2D eigenvalue weighted by atomic mass is 9.51. The molecule has 2 heteroatoms. The van der Waals surface area contributed by atoms with E-state index in [1.54, 1.807) is 5.57 Å². The van der Waals surface area contributed by atoms with E-state index in [2.05, 4.69) is 13.8 Å². The zero-order chi connectivity index (χ0) is 15.9. The van der Waals surface area contributed by atoms with Gasteiger partial charge in [0.15, 0.2) is 0 Å². The van der Waals surface area contributed by atoms with E-state index in [9.17, 15) is 9.59 Å². The summed E-state index contributed by atoms with van der Waals surface area (Å²) in [5.74, 6) is 2.74. The Balaban J connectivity index is 1.93. The summed E-state index contributed by atoms with van der Waals surface area (Å²) in [5, 5.41) is 0. The second-order valence-corrected chi connectivity index (χ2v) is 7.77. The van der Waals surface area contributed by atoms with Crippen molar-refractivity contribution in [2.24, 2.45) is 23.2 Å². The van der Waals surface area contributed by atoms with Gasteiger partial charge in [0, 0.05) is 18.3 Å². The van der Waals surface area contributed by atoms with Crippen molar-refractivity contribution in [1.29, 1.82) is 0 Å². The van der Waals surface area contributed by atoms with E-state index in [1.807, 2.05) is 6.92 Å². The van der Waals surface area contributed by atoms with Crippen LogP contribution in [0.25, 0.3) is 0 Å². The Morgan fingerprint density at radius 2 is 1.95 bits per heavy atom. The SMILES string of the molecule is CC[C@H]1[C@@H]2CCC3=C(CCC(=O)C3)[C@H]2CC[C@]1(CC)C(C)=O. The van der Waals surface area contributed by atoms with Gasteiger partial charge in [-0.1, -0.05) is 31.4 Å². The molecule has 0 aromatic carbocycles. The normalized spacial score (nSPS) is 38.5. The molecule has 1 saturated carbocycles. The third kappa shape index (κ3) is 2.30. The van der Waals surface area contributed by atoms with Gasteiger partial charge in [-0.2, -0.15) is 0 Å². The van der Waals surface area contributed by atoms with Crippen molar-refractivity contribution >= 4 is 11.6 Å². The lowest BCUT2D eigenvalue weighted by Crippen LogP contribution is -2.48. The zero-order valence-electron chi connectivity index (χ0n) is 14.4. The molecule has 0 spiro atoms. The van der Waals surface area contributed by atoms with Crippen molar-refractivity contribution in [2.45, 2.75) is 78.6 Å². The molecule has 0 aliphatic heterocycles. The van der Waals surface area contributed by atoms with E-state index < -0.39 is 0 Å². The zero-order valence-corrected chi connectivity index (χ0v) is 14.4. The standard InChI is InChI=1S/C20H30O2/c1-4-19-18-8-6-14-12-15(22)7-9-16(14)17(18)10-11-20(19,5-2)13(3)21/h17-19H,4-12H2,1-3H3/t17-,18-,19+,20-/m1/s1. The van der Waals surface area contributed by atoms with Crippen molar-refractivity contribution in [3.05, 3.63) is 11.1 Å². The second-order valence-electron chi connectivity index (χ2n) is 7.77. The van der Waals surface area contributed by atoms with Crippen LogP contribution >= 0.6 is 0 Å². The van der Waals surface area contributed by atoms with E-state index >= 15 is 0 Å². The van der Waals surface area contributed by atoms with Gasteiger partial charge in [0.05, 0.1) is 0 Å². The number of carbonyl (C=O) groups is 2. The maximum absolute atomic E-state index is 12.5. The smallest absolute Gasteiger partial charge is 0.137 e. The van der Waals surface area contributed by atoms with Crippen molar-refractivity contribution < 1.29 is 9.59 Å². The van der Waals surface area contributed by atoms with E-state index in [-0.39, 0.29) is 5.41 Å². The Kier molecular flexibility index (Phi) is 4.31. The predicted octanol–water partition coefficient (Wildman–Crippen LogP) is 4.87. The third-order valence-corrected chi connectivity index (χ3v) is 7.18. The monoisotopic (exact) mass is 302 g/mol. The van der Waals surface area contributed by atoms with Crippen molar-refractivity contribution in [3.63, 3.8) is 0 Å². The van der Waals surface area contributed by atoms with Gasteiger partial charge in [-0.15, -0.1) is 0 Å². The minimum atomic E-state index is -0.0710. The molecule has 4 atom stereocenters. The highest BCUT2D eigenvalue weighted by Crippen LogP contribution is 2.57. The summed E-state index contributed by atoms with van der Waals surface area (Å²) in [6.45, 7) is 6.30. The van der Waals surface area contributed by atoms with Gasteiger partial charge in [0.2, 0.25) is 0 Å². The highest BCUT2D eigenvalue weighted by Gasteiger charge is 2.51. The number of carbonyl (C=O) groups excluding carboxylic acids is 2. The van der Waals surface area contributed by atoms with Crippen LogP contribution in [0.15, 0.2) is 11.1 Å². The molecule has 0 bridgehead atoms. The first-order chi connectivity index (χ1) is 10.5. The molecule has 2 nitrogen and oxygen atoms in total. The van der Waals surface area contributed by atoms with Crippen LogP contribution in [0.3, 0.4) is 0 Å². The van der Waals surface area contributed by atoms with Crippen LogP contribution in [0.5, 0.6) is 0 Å². The van der Waals surface area contributed by atoms with Gasteiger partial charge in [-0.25, -0.2) is 0 Å². The average Bonchev–Trinajstić information content (AvgIpc) is 2.52. The molecule has 0 heterocycles. The molecule has 122 valence electrons. The minimum absolute atomic E-state index is 0.0710. The predicted molar refractivity (Wildman–Crippen MR) is 88.5 cm³/mol. The lowest BCUT2D eigenvalue weighted by Gasteiger charge is -2.53. The Bertz CT molecular complexity index is 516. The van der Waals surface area contributed by atoms with Crippen LogP contribution < -0.4 is 0 Å². The number of ketones is 2. The number of Topliss-reactive ketones (excluding diaryl/α,β-unsaturated/α-hetero) is 2. The van der Waals surface area contributed by atoms with Crippen LogP contribution in [0.4, 0.5) is 0 Å². The fourth-order valence-corrected chi connectivity index (χ4v) is 6.08. The fraction of sp³-hybridized carbons (Fsp3) is 0.800. The fourth-order valence-electron chi connectivity index (χ4n) is 6.08. The molecule has 0 unspecified atom stereocenters. The Morgan fingerprint density at radius 3 is 2.59 bits per heavy atom. The number of rotatable bonds is 3. The molecule has 3 aliphatic rings. The number of allylic oxidation sites excluding steroid dienone is 2. The van der Waals surface area contributed by atoms with E-state index in [0.717, 1.165) is 44.9 Å². The number of hydrogen-bond donors (Lipinski definition) is 0. The van der Waals surface area contributed by atoms with Crippen molar-refractivity contribution in [3.8, 4) is 0 Å². The van der Waals surface area contributed by atoms with Crippen LogP contribution in [0.2, 0.25) is 0 Å². The number of hydrogen-bond acceptors (Lipinski definition) is 2. The van der Waals surface area contributed by atoms with Gasteiger partial charge < -0.3 is 0 Å². The summed E-state index contributed by atoms with van der Waals surface area (Å²) in [4.78, 5) is 24.2. The topological polar surface area (TPSA) is 34.1 Å². The molecule has 22 heavy (non-hydrogen) atoms. The first-order valence-electron chi connectivity index (χ1n) is 9.27. The van der Waals surface area contributed by atoms with Crippen LogP contribution in [-0.4, -0.2) is 11.6 Å².